The van der Waals surface area contributed by atoms with Gasteiger partial charge in [0.15, 0.2) is 0 Å². The number of rotatable bonds is 4. The van der Waals surface area contributed by atoms with Crippen molar-refractivity contribution < 1.29 is 0 Å². The maximum Gasteiger partial charge on any atom is 0.275 e. The van der Waals surface area contributed by atoms with Gasteiger partial charge in [-0.25, -0.2) is 9.97 Å². The minimum absolute atomic E-state index is 0.162. The summed E-state index contributed by atoms with van der Waals surface area (Å²) in [5.74, 6) is 0.883. The Balaban J connectivity index is 1.66. The number of H-pyrrole nitrogens is 1. The molecule has 1 fully saturated rings. The van der Waals surface area contributed by atoms with Crippen LogP contribution in [-0.2, 0) is 0 Å². The van der Waals surface area contributed by atoms with Crippen LogP contribution in [0.25, 0.3) is 27.8 Å². The number of fused-ring (bicyclic) bond motifs is 1. The molecule has 1 aromatic carbocycles. The maximum absolute atomic E-state index is 12.5. The number of nitrogens with one attached hydrogen (secondary N) is 2. The van der Waals surface area contributed by atoms with Crippen LogP contribution < -0.4 is 10.9 Å². The topological polar surface area (TPSA) is 75.6 Å². The zero-order chi connectivity index (χ0) is 17.5. The Morgan fingerprint density at radius 1 is 1.08 bits per heavy atom. The fraction of sp³-hybridized carbons (Fsp3) is 0.150. The highest BCUT2D eigenvalue weighted by atomic mass is 16.1. The van der Waals surface area contributed by atoms with Crippen LogP contribution in [-0.4, -0.2) is 25.6 Å². The molecular weight excluding hydrogens is 326 g/mol. The molecule has 6 nitrogen and oxygen atoms in total. The van der Waals surface area contributed by atoms with Gasteiger partial charge in [0.1, 0.15) is 16.9 Å². The lowest BCUT2D eigenvalue weighted by Crippen LogP contribution is -2.09. The standard InChI is InChI=1S/C20H17N5O/c26-20-19-18(22-12-23-20)16(11-25(19)15-4-2-1-3-5-15)13-6-9-17(21-10-13)24-14-7-8-14/h1-6,9-12,14H,7-8H2,(H,21,24)(H,22,23,26). The molecule has 4 aromatic rings. The van der Waals surface area contributed by atoms with Gasteiger partial charge in [0.2, 0.25) is 0 Å². The Bertz CT molecular complexity index is 1120. The molecule has 6 heteroatoms. The van der Waals surface area contributed by atoms with Gasteiger partial charge in [0.05, 0.1) is 6.33 Å². The van der Waals surface area contributed by atoms with Crippen molar-refractivity contribution in [2.75, 3.05) is 5.32 Å². The molecule has 1 aliphatic carbocycles. The molecule has 128 valence electrons. The summed E-state index contributed by atoms with van der Waals surface area (Å²) in [6.45, 7) is 0. The van der Waals surface area contributed by atoms with Crippen molar-refractivity contribution in [1.29, 1.82) is 0 Å². The molecule has 0 amide bonds. The van der Waals surface area contributed by atoms with Crippen LogP contribution in [0.1, 0.15) is 12.8 Å². The molecule has 0 atom stereocenters. The number of para-hydroxylation sites is 1. The van der Waals surface area contributed by atoms with E-state index in [1.807, 2.05) is 59.4 Å². The summed E-state index contributed by atoms with van der Waals surface area (Å²) in [6.07, 6.45) is 7.65. The van der Waals surface area contributed by atoms with Gasteiger partial charge in [-0.1, -0.05) is 18.2 Å². The van der Waals surface area contributed by atoms with Gasteiger partial charge in [0.25, 0.3) is 5.56 Å². The van der Waals surface area contributed by atoms with Crippen molar-refractivity contribution in [3.63, 3.8) is 0 Å². The number of pyridine rings is 1. The quantitative estimate of drug-likeness (QED) is 0.596. The lowest BCUT2D eigenvalue weighted by Gasteiger charge is -2.04. The fourth-order valence-electron chi connectivity index (χ4n) is 3.15. The van der Waals surface area contributed by atoms with Crippen LogP contribution in [0.3, 0.4) is 0 Å². The first-order chi connectivity index (χ1) is 12.8. The summed E-state index contributed by atoms with van der Waals surface area (Å²) in [5, 5.41) is 3.38. The Morgan fingerprint density at radius 3 is 2.65 bits per heavy atom. The first-order valence-corrected chi connectivity index (χ1v) is 8.67. The van der Waals surface area contributed by atoms with Crippen molar-refractivity contribution in [3.05, 3.63) is 71.5 Å². The van der Waals surface area contributed by atoms with E-state index in [0.717, 1.165) is 22.6 Å². The van der Waals surface area contributed by atoms with E-state index in [1.165, 1.54) is 19.2 Å². The lowest BCUT2D eigenvalue weighted by atomic mass is 10.1. The van der Waals surface area contributed by atoms with Crippen molar-refractivity contribution in [2.24, 2.45) is 0 Å². The van der Waals surface area contributed by atoms with Crippen molar-refractivity contribution in [1.82, 2.24) is 19.5 Å². The lowest BCUT2D eigenvalue weighted by molar-refractivity contribution is 1.08. The summed E-state index contributed by atoms with van der Waals surface area (Å²) in [6, 6.07) is 14.4. The molecule has 3 heterocycles. The second-order valence-electron chi connectivity index (χ2n) is 6.53. The predicted molar refractivity (Wildman–Crippen MR) is 102 cm³/mol. The third kappa shape index (κ3) is 2.56. The van der Waals surface area contributed by atoms with Crippen LogP contribution >= 0.6 is 0 Å². The van der Waals surface area contributed by atoms with Gasteiger partial charge in [0, 0.05) is 35.2 Å². The van der Waals surface area contributed by atoms with E-state index >= 15 is 0 Å². The number of anilines is 1. The molecule has 0 unspecified atom stereocenters. The summed E-state index contributed by atoms with van der Waals surface area (Å²) in [4.78, 5) is 24.1. The van der Waals surface area contributed by atoms with E-state index < -0.39 is 0 Å². The van der Waals surface area contributed by atoms with Crippen LogP contribution in [0.15, 0.2) is 66.0 Å². The first kappa shape index (κ1) is 14.9. The number of aromatic amines is 1. The molecule has 26 heavy (non-hydrogen) atoms. The number of hydrogen-bond donors (Lipinski definition) is 2. The zero-order valence-corrected chi connectivity index (χ0v) is 14.0. The highest BCUT2D eigenvalue weighted by molar-refractivity contribution is 5.93. The number of nitrogens with zero attached hydrogens (tertiary/aromatic N) is 3. The molecule has 5 rings (SSSR count). The van der Waals surface area contributed by atoms with Gasteiger partial charge in [-0.05, 0) is 37.1 Å². The maximum atomic E-state index is 12.5. The molecule has 0 bridgehead atoms. The highest BCUT2D eigenvalue weighted by Gasteiger charge is 2.21. The van der Waals surface area contributed by atoms with E-state index in [-0.39, 0.29) is 5.56 Å². The number of hydrogen-bond acceptors (Lipinski definition) is 4. The average molecular weight is 343 g/mol. The second kappa shape index (κ2) is 5.84. The summed E-state index contributed by atoms with van der Waals surface area (Å²) in [7, 11) is 0. The number of aromatic nitrogens is 4. The Kier molecular flexibility index (Phi) is 3.35. The van der Waals surface area contributed by atoms with Gasteiger partial charge >= 0.3 is 0 Å². The molecule has 0 aliphatic heterocycles. The third-order valence-electron chi connectivity index (χ3n) is 4.62. The summed E-state index contributed by atoms with van der Waals surface area (Å²) < 4.78 is 1.88. The van der Waals surface area contributed by atoms with Crippen molar-refractivity contribution in [3.8, 4) is 16.8 Å². The Morgan fingerprint density at radius 2 is 1.92 bits per heavy atom. The average Bonchev–Trinajstić information content (AvgIpc) is 3.40. The summed E-state index contributed by atoms with van der Waals surface area (Å²) >= 11 is 0. The second-order valence-corrected chi connectivity index (χ2v) is 6.53. The predicted octanol–water partition coefficient (Wildman–Crippen LogP) is 3.35. The van der Waals surface area contributed by atoms with E-state index in [9.17, 15) is 4.79 Å². The first-order valence-electron chi connectivity index (χ1n) is 8.67. The molecule has 1 aliphatic rings. The van der Waals surface area contributed by atoms with Crippen molar-refractivity contribution >= 4 is 16.9 Å². The van der Waals surface area contributed by atoms with E-state index in [4.69, 9.17) is 0 Å². The summed E-state index contributed by atoms with van der Waals surface area (Å²) in [5.41, 5.74) is 3.79. The van der Waals surface area contributed by atoms with Crippen LogP contribution in [0, 0.1) is 0 Å². The van der Waals surface area contributed by atoms with Crippen LogP contribution in [0.5, 0.6) is 0 Å². The molecular formula is C20H17N5O. The van der Waals surface area contributed by atoms with Gasteiger partial charge in [-0.2, -0.15) is 0 Å². The van der Waals surface area contributed by atoms with Gasteiger partial charge in [-0.15, -0.1) is 0 Å². The van der Waals surface area contributed by atoms with E-state index in [0.29, 0.717) is 17.1 Å². The zero-order valence-electron chi connectivity index (χ0n) is 14.0. The van der Waals surface area contributed by atoms with Crippen LogP contribution in [0.4, 0.5) is 5.82 Å². The SMILES string of the molecule is O=c1[nH]cnc2c(-c3ccc(NC4CC4)nc3)cn(-c3ccccc3)c12. The molecule has 3 aromatic heterocycles. The van der Waals surface area contributed by atoms with Gasteiger partial charge in [-0.3, -0.25) is 4.79 Å². The number of benzene rings is 1. The van der Waals surface area contributed by atoms with Crippen LogP contribution in [0.2, 0.25) is 0 Å². The smallest absolute Gasteiger partial charge is 0.275 e. The molecule has 0 spiro atoms. The minimum Gasteiger partial charge on any atom is -0.367 e. The van der Waals surface area contributed by atoms with E-state index in [2.05, 4.69) is 20.3 Å². The van der Waals surface area contributed by atoms with E-state index in [1.54, 1.807) is 0 Å². The molecule has 0 radical (unpaired) electrons. The highest BCUT2D eigenvalue weighted by Crippen LogP contribution is 2.30. The largest absolute Gasteiger partial charge is 0.367 e. The molecule has 1 saturated carbocycles. The third-order valence-corrected chi connectivity index (χ3v) is 4.62. The molecule has 2 N–H and O–H groups in total. The minimum atomic E-state index is -0.162. The van der Waals surface area contributed by atoms with Crippen molar-refractivity contribution in [2.45, 2.75) is 18.9 Å². The Labute approximate surface area is 149 Å². The van der Waals surface area contributed by atoms with Gasteiger partial charge < -0.3 is 14.9 Å². The Hall–Kier alpha value is -3.41. The fourth-order valence-corrected chi connectivity index (χ4v) is 3.15. The molecule has 0 saturated heterocycles. The monoisotopic (exact) mass is 343 g/mol. The normalized spacial score (nSPS) is 13.8.